The topological polar surface area (TPSA) is 67.9 Å². The van der Waals surface area contributed by atoms with Crippen LogP contribution in [0.2, 0.25) is 5.02 Å². The number of imidazole rings is 1. The number of rotatable bonds is 9. The average Bonchev–Trinajstić information content (AvgIpc) is 3.59. The van der Waals surface area contributed by atoms with E-state index < -0.39 is 11.7 Å². The summed E-state index contributed by atoms with van der Waals surface area (Å²) in [4.78, 5) is 22.6. The predicted molar refractivity (Wildman–Crippen MR) is 158 cm³/mol. The Morgan fingerprint density at radius 1 is 1.05 bits per heavy atom. The number of pyridine rings is 1. The molecule has 8 nitrogen and oxygen atoms in total. The molecule has 6 rings (SSSR count). The van der Waals surface area contributed by atoms with Crippen molar-refractivity contribution in [3.8, 4) is 5.75 Å². The summed E-state index contributed by atoms with van der Waals surface area (Å²) < 4.78 is 48.9. The fraction of sp³-hybridized carbons (Fsp3) is 0.323. The van der Waals surface area contributed by atoms with Crippen LogP contribution >= 0.6 is 11.6 Å². The summed E-state index contributed by atoms with van der Waals surface area (Å²) in [6, 6.07) is 12.2. The summed E-state index contributed by atoms with van der Waals surface area (Å²) in [7, 11) is 2.13. The molecule has 0 bridgehead atoms. The molecule has 0 amide bonds. The molecule has 0 spiro atoms. The van der Waals surface area contributed by atoms with E-state index in [1.54, 1.807) is 39.7 Å². The molecule has 4 heterocycles. The van der Waals surface area contributed by atoms with Crippen LogP contribution in [0.3, 0.4) is 0 Å². The highest BCUT2D eigenvalue weighted by atomic mass is 35.5. The van der Waals surface area contributed by atoms with Gasteiger partial charge in [-0.1, -0.05) is 23.7 Å². The Bertz CT molecular complexity index is 1770. The second kappa shape index (κ2) is 12.0. The zero-order chi connectivity index (χ0) is 30.1. The first kappa shape index (κ1) is 29.2. The van der Waals surface area contributed by atoms with E-state index in [1.807, 2.05) is 12.1 Å². The molecule has 3 aromatic heterocycles. The largest absolute Gasteiger partial charge is 0.492 e. The van der Waals surface area contributed by atoms with E-state index in [-0.39, 0.29) is 18.7 Å². The van der Waals surface area contributed by atoms with Gasteiger partial charge in [-0.05, 0) is 48.5 Å². The minimum Gasteiger partial charge on any atom is -0.492 e. The highest BCUT2D eigenvalue weighted by Gasteiger charge is 2.30. The zero-order valence-corrected chi connectivity index (χ0v) is 24.3. The number of fused-ring (bicyclic) bond motifs is 2. The van der Waals surface area contributed by atoms with Gasteiger partial charge in [0.15, 0.2) is 5.78 Å². The molecule has 43 heavy (non-hydrogen) atoms. The van der Waals surface area contributed by atoms with E-state index in [2.05, 4.69) is 26.9 Å². The third-order valence-electron chi connectivity index (χ3n) is 7.85. The van der Waals surface area contributed by atoms with Gasteiger partial charge in [0.25, 0.3) is 0 Å². The minimum absolute atomic E-state index is 0.00247. The van der Waals surface area contributed by atoms with E-state index >= 15 is 0 Å². The summed E-state index contributed by atoms with van der Waals surface area (Å²) in [5, 5.41) is 5.47. The molecule has 224 valence electrons. The number of carbonyl (C=O) groups is 1. The van der Waals surface area contributed by atoms with Gasteiger partial charge in [0.1, 0.15) is 23.7 Å². The second-order valence-electron chi connectivity index (χ2n) is 10.8. The number of halogens is 4. The molecule has 1 fully saturated rings. The molecule has 0 atom stereocenters. The number of nitrogens with zero attached hydrogens (tertiary/aromatic N) is 6. The van der Waals surface area contributed by atoms with Crippen LogP contribution in [0.1, 0.15) is 27.2 Å². The van der Waals surface area contributed by atoms with Gasteiger partial charge in [-0.25, -0.2) is 4.98 Å². The van der Waals surface area contributed by atoms with Gasteiger partial charge >= 0.3 is 6.18 Å². The summed E-state index contributed by atoms with van der Waals surface area (Å²) >= 11 is 6.54. The van der Waals surface area contributed by atoms with E-state index in [0.717, 1.165) is 44.9 Å². The highest BCUT2D eigenvalue weighted by Crippen LogP contribution is 2.31. The maximum atomic E-state index is 13.5. The number of hydrogen-bond donors (Lipinski definition) is 0. The first-order valence-electron chi connectivity index (χ1n) is 14.0. The van der Waals surface area contributed by atoms with Crippen LogP contribution in [0.5, 0.6) is 5.75 Å². The number of hydrogen-bond acceptors (Lipinski definition) is 6. The Kier molecular flexibility index (Phi) is 8.13. The summed E-state index contributed by atoms with van der Waals surface area (Å²) in [5.41, 5.74) is 2.01. The van der Waals surface area contributed by atoms with Crippen molar-refractivity contribution >= 4 is 33.9 Å². The van der Waals surface area contributed by atoms with Crippen molar-refractivity contribution < 1.29 is 22.7 Å². The monoisotopic (exact) mass is 610 g/mol. The lowest BCUT2D eigenvalue weighted by molar-refractivity contribution is -0.137. The van der Waals surface area contributed by atoms with Gasteiger partial charge in [-0.2, -0.15) is 18.3 Å². The number of ether oxygens (including phenoxy) is 1. The number of alkyl halides is 3. The smallest absolute Gasteiger partial charge is 0.416 e. The van der Waals surface area contributed by atoms with E-state index in [1.165, 1.54) is 12.3 Å². The van der Waals surface area contributed by atoms with Crippen molar-refractivity contribution in [3.05, 3.63) is 94.5 Å². The zero-order valence-electron chi connectivity index (χ0n) is 23.5. The van der Waals surface area contributed by atoms with Crippen molar-refractivity contribution in [3.63, 3.8) is 0 Å². The quantitative estimate of drug-likeness (QED) is 0.207. The van der Waals surface area contributed by atoms with Crippen molar-refractivity contribution in [2.24, 2.45) is 0 Å². The van der Waals surface area contributed by atoms with Crippen molar-refractivity contribution in [1.29, 1.82) is 0 Å². The normalized spacial score (nSPS) is 15.0. The lowest BCUT2D eigenvalue weighted by Gasteiger charge is -2.32. The summed E-state index contributed by atoms with van der Waals surface area (Å²) in [6.07, 6.45) is 0.479. The number of likely N-dealkylation sites (N-methyl/N-ethyl adjacent to an activating group) is 1. The van der Waals surface area contributed by atoms with Gasteiger partial charge in [-0.15, -0.1) is 0 Å². The first-order chi connectivity index (χ1) is 20.7. The maximum Gasteiger partial charge on any atom is 0.416 e. The molecule has 12 heteroatoms. The van der Waals surface area contributed by atoms with Gasteiger partial charge in [0, 0.05) is 61.8 Å². The lowest BCUT2D eigenvalue weighted by atomic mass is 10.0. The molecule has 1 aliphatic rings. The predicted octanol–water partition coefficient (Wildman–Crippen LogP) is 5.46. The fourth-order valence-corrected chi connectivity index (χ4v) is 5.61. The molecular formula is C31H30ClF3N6O2. The van der Waals surface area contributed by atoms with Crippen molar-refractivity contribution in [2.75, 3.05) is 46.4 Å². The number of ketones is 1. The molecule has 1 saturated heterocycles. The number of Topliss-reactive ketones (excluding diaryl/α,β-unsaturated/α-hetero) is 1. The Hall–Kier alpha value is -3.93. The molecule has 0 saturated carbocycles. The van der Waals surface area contributed by atoms with Gasteiger partial charge < -0.3 is 9.64 Å². The van der Waals surface area contributed by atoms with Crippen LogP contribution in [-0.2, 0) is 19.1 Å². The average molecular weight is 611 g/mol. The fourth-order valence-electron chi connectivity index (χ4n) is 5.38. The van der Waals surface area contributed by atoms with Gasteiger partial charge in [-0.3, -0.25) is 18.8 Å². The Morgan fingerprint density at radius 2 is 1.86 bits per heavy atom. The molecule has 2 aromatic carbocycles. The summed E-state index contributed by atoms with van der Waals surface area (Å²) in [5.74, 6) is 0.503. The van der Waals surface area contributed by atoms with E-state index in [4.69, 9.17) is 16.3 Å². The Labute approximate surface area is 251 Å². The SMILES string of the molecule is CN1CCN(CCOc2ccn3c(C(=O)Cc4c(Cl)ccc5c4cnn5Cc4cccc(C(F)(F)F)c4)cnc3c2)CC1. The highest BCUT2D eigenvalue weighted by molar-refractivity contribution is 6.32. The van der Waals surface area contributed by atoms with Crippen LogP contribution in [-0.4, -0.2) is 81.1 Å². The Morgan fingerprint density at radius 3 is 2.65 bits per heavy atom. The van der Waals surface area contributed by atoms with Crippen molar-refractivity contribution in [2.45, 2.75) is 19.1 Å². The minimum atomic E-state index is -4.43. The maximum absolute atomic E-state index is 13.5. The van der Waals surface area contributed by atoms with E-state index in [9.17, 15) is 18.0 Å². The number of carbonyl (C=O) groups excluding carboxylic acids is 1. The molecule has 1 aliphatic heterocycles. The van der Waals surface area contributed by atoms with Crippen molar-refractivity contribution in [1.82, 2.24) is 29.0 Å². The van der Waals surface area contributed by atoms with Crippen LogP contribution < -0.4 is 4.74 Å². The van der Waals surface area contributed by atoms with Crippen LogP contribution in [0.25, 0.3) is 16.6 Å². The van der Waals surface area contributed by atoms with Crippen LogP contribution in [0.4, 0.5) is 13.2 Å². The van der Waals surface area contributed by atoms with E-state index in [0.29, 0.717) is 50.7 Å². The van der Waals surface area contributed by atoms with Crippen LogP contribution in [0.15, 0.2) is 67.1 Å². The number of aromatic nitrogens is 4. The lowest BCUT2D eigenvalue weighted by Crippen LogP contribution is -2.45. The van der Waals surface area contributed by atoms with Gasteiger partial charge in [0.2, 0.25) is 0 Å². The second-order valence-corrected chi connectivity index (χ2v) is 11.2. The molecule has 0 N–H and O–H groups in total. The molecule has 0 radical (unpaired) electrons. The third-order valence-corrected chi connectivity index (χ3v) is 8.20. The molecule has 0 aliphatic carbocycles. The van der Waals surface area contributed by atoms with Crippen LogP contribution in [0, 0.1) is 0 Å². The standard InChI is InChI=1S/C31H30ClF3N6O2/c1-38-9-11-39(12-10-38)13-14-43-23-7-8-40-28(19-36-30(40)16-23)29(42)17-24-25-18-37-41(27(25)6-5-26(24)32)20-21-3-2-4-22(15-21)31(33,34)35/h2-8,15-16,18-19H,9-14,17,20H2,1H3. The van der Waals surface area contributed by atoms with Gasteiger partial charge in [0.05, 0.1) is 30.0 Å². The third kappa shape index (κ3) is 6.39. The molecule has 5 aromatic rings. The first-order valence-corrected chi connectivity index (χ1v) is 14.4. The Balaban J connectivity index is 1.16. The number of benzene rings is 2. The molecule has 0 unspecified atom stereocenters. The number of piperazine rings is 1. The summed E-state index contributed by atoms with van der Waals surface area (Å²) in [6.45, 7) is 5.71. The molecular weight excluding hydrogens is 581 g/mol.